The number of nitrogens with two attached hydrogens (primary N) is 1. The van der Waals surface area contributed by atoms with Crippen molar-refractivity contribution in [3.05, 3.63) is 29.8 Å². The molecule has 0 bridgehead atoms. The quantitative estimate of drug-likeness (QED) is 0.197. The summed E-state index contributed by atoms with van der Waals surface area (Å²) < 4.78 is 0. The Morgan fingerprint density at radius 3 is 2.33 bits per heavy atom. The number of hydrogen-bond acceptors (Lipinski definition) is 8. The van der Waals surface area contributed by atoms with Crippen molar-refractivity contribution in [1.82, 2.24) is 15.5 Å². The SMILES string of the molecule is CC(O)C(N)C(=O)NC(CO)C(=O)N1CCCC1C(=O)NC(Cc1ccc(O)cc1)C(=O)O. The number of likely N-dealkylation sites (tertiary alicyclic amines) is 1. The Bertz CT molecular complexity index is 860. The van der Waals surface area contributed by atoms with E-state index in [4.69, 9.17) is 5.73 Å². The molecule has 1 aliphatic rings. The summed E-state index contributed by atoms with van der Waals surface area (Å²) in [7, 11) is 0. The van der Waals surface area contributed by atoms with Crippen molar-refractivity contribution in [3.63, 3.8) is 0 Å². The van der Waals surface area contributed by atoms with Gasteiger partial charge in [-0.3, -0.25) is 14.4 Å². The van der Waals surface area contributed by atoms with E-state index >= 15 is 0 Å². The fourth-order valence-electron chi connectivity index (χ4n) is 3.51. The molecule has 33 heavy (non-hydrogen) atoms. The van der Waals surface area contributed by atoms with E-state index in [1.807, 2.05) is 0 Å². The Balaban J connectivity index is 2.07. The normalized spacial score (nSPS) is 19.3. The molecule has 1 heterocycles. The zero-order valence-electron chi connectivity index (χ0n) is 18.2. The van der Waals surface area contributed by atoms with Gasteiger partial charge < -0.3 is 41.7 Å². The first-order valence-electron chi connectivity index (χ1n) is 10.5. The second-order valence-electron chi connectivity index (χ2n) is 7.97. The van der Waals surface area contributed by atoms with Crippen molar-refractivity contribution >= 4 is 23.7 Å². The van der Waals surface area contributed by atoms with Crippen molar-refractivity contribution in [2.24, 2.45) is 5.73 Å². The van der Waals surface area contributed by atoms with Gasteiger partial charge in [0.25, 0.3) is 0 Å². The third-order valence-electron chi connectivity index (χ3n) is 5.45. The summed E-state index contributed by atoms with van der Waals surface area (Å²) in [6.45, 7) is 0.736. The molecule has 2 rings (SSSR count). The highest BCUT2D eigenvalue weighted by atomic mass is 16.4. The Morgan fingerprint density at radius 2 is 1.79 bits per heavy atom. The van der Waals surface area contributed by atoms with Crippen LogP contribution in [-0.2, 0) is 25.6 Å². The Hall–Kier alpha value is -3.22. The molecule has 1 aromatic carbocycles. The molecule has 1 fully saturated rings. The van der Waals surface area contributed by atoms with Gasteiger partial charge in [0.1, 0.15) is 29.9 Å². The number of aromatic hydroxyl groups is 1. The largest absolute Gasteiger partial charge is 0.508 e. The molecule has 3 amide bonds. The lowest BCUT2D eigenvalue weighted by molar-refractivity contribution is -0.145. The molecule has 0 spiro atoms. The molecule has 0 radical (unpaired) electrons. The Labute approximate surface area is 190 Å². The number of phenolic OH excluding ortho intramolecular Hbond substituents is 1. The van der Waals surface area contributed by atoms with E-state index in [-0.39, 0.29) is 25.1 Å². The number of hydrogen-bond donors (Lipinski definition) is 7. The molecule has 12 heteroatoms. The van der Waals surface area contributed by atoms with Gasteiger partial charge in [0, 0.05) is 13.0 Å². The average Bonchev–Trinajstić information content (AvgIpc) is 3.27. The summed E-state index contributed by atoms with van der Waals surface area (Å²) in [6, 6.07) is 0.960. The molecule has 0 aliphatic carbocycles. The van der Waals surface area contributed by atoms with Crippen LogP contribution in [0.3, 0.4) is 0 Å². The first-order chi connectivity index (χ1) is 15.5. The first-order valence-corrected chi connectivity index (χ1v) is 10.5. The van der Waals surface area contributed by atoms with Crippen LogP contribution >= 0.6 is 0 Å². The van der Waals surface area contributed by atoms with Gasteiger partial charge in [0.05, 0.1) is 12.7 Å². The molecule has 12 nitrogen and oxygen atoms in total. The molecule has 5 unspecified atom stereocenters. The molecule has 1 aromatic rings. The molecule has 0 saturated carbocycles. The minimum Gasteiger partial charge on any atom is -0.508 e. The predicted octanol–water partition coefficient (Wildman–Crippen LogP) is -2.32. The van der Waals surface area contributed by atoms with Crippen LogP contribution in [0.5, 0.6) is 5.75 Å². The highest BCUT2D eigenvalue weighted by molar-refractivity contribution is 5.94. The van der Waals surface area contributed by atoms with Crippen LogP contribution in [0, 0.1) is 0 Å². The van der Waals surface area contributed by atoms with E-state index in [0.29, 0.717) is 12.0 Å². The van der Waals surface area contributed by atoms with Crippen molar-refractivity contribution in [1.29, 1.82) is 0 Å². The summed E-state index contributed by atoms with van der Waals surface area (Å²) in [5, 5.41) is 42.6. The van der Waals surface area contributed by atoms with E-state index in [9.17, 15) is 39.6 Å². The lowest BCUT2D eigenvalue weighted by Gasteiger charge is -2.29. The van der Waals surface area contributed by atoms with E-state index in [2.05, 4.69) is 10.6 Å². The second-order valence-corrected chi connectivity index (χ2v) is 7.97. The molecule has 182 valence electrons. The maximum absolute atomic E-state index is 12.9. The van der Waals surface area contributed by atoms with Gasteiger partial charge in [-0.05, 0) is 37.5 Å². The van der Waals surface area contributed by atoms with Crippen LogP contribution in [-0.4, -0.2) is 92.4 Å². The number of carbonyl (C=O) groups is 4. The molecule has 5 atom stereocenters. The molecule has 8 N–H and O–H groups in total. The van der Waals surface area contributed by atoms with Crippen molar-refractivity contribution in [2.45, 2.75) is 56.5 Å². The number of rotatable bonds is 10. The highest BCUT2D eigenvalue weighted by Gasteiger charge is 2.39. The van der Waals surface area contributed by atoms with Crippen LogP contribution in [0.25, 0.3) is 0 Å². The molecule has 1 aliphatic heterocycles. The van der Waals surface area contributed by atoms with Gasteiger partial charge in [0.2, 0.25) is 17.7 Å². The minimum atomic E-state index is -1.37. The Morgan fingerprint density at radius 1 is 1.15 bits per heavy atom. The zero-order valence-corrected chi connectivity index (χ0v) is 18.2. The van der Waals surface area contributed by atoms with Crippen molar-refractivity contribution in [2.75, 3.05) is 13.2 Å². The highest BCUT2D eigenvalue weighted by Crippen LogP contribution is 2.19. The topological polar surface area (TPSA) is 203 Å². The molecular formula is C21H30N4O8. The lowest BCUT2D eigenvalue weighted by atomic mass is 10.0. The van der Waals surface area contributed by atoms with E-state index < -0.39 is 60.6 Å². The molecular weight excluding hydrogens is 436 g/mol. The van der Waals surface area contributed by atoms with Crippen LogP contribution in [0.15, 0.2) is 24.3 Å². The maximum Gasteiger partial charge on any atom is 0.326 e. The fraction of sp³-hybridized carbons (Fsp3) is 0.524. The number of nitrogens with one attached hydrogen (secondary N) is 2. The van der Waals surface area contributed by atoms with Crippen LogP contribution in [0.2, 0.25) is 0 Å². The first kappa shape index (κ1) is 26.0. The fourth-order valence-corrected chi connectivity index (χ4v) is 3.51. The summed E-state index contributed by atoms with van der Waals surface area (Å²) in [6.07, 6.45) is -0.457. The number of aliphatic hydroxyl groups is 2. The number of aliphatic hydroxyl groups excluding tert-OH is 2. The number of amides is 3. The number of carbonyl (C=O) groups excluding carboxylic acids is 3. The third-order valence-corrected chi connectivity index (χ3v) is 5.45. The van der Waals surface area contributed by atoms with E-state index in [1.54, 1.807) is 0 Å². The van der Waals surface area contributed by atoms with Gasteiger partial charge in [-0.2, -0.15) is 0 Å². The van der Waals surface area contributed by atoms with Crippen LogP contribution in [0.1, 0.15) is 25.3 Å². The average molecular weight is 466 g/mol. The number of benzene rings is 1. The molecule has 0 aromatic heterocycles. The van der Waals surface area contributed by atoms with Gasteiger partial charge in [-0.25, -0.2) is 4.79 Å². The van der Waals surface area contributed by atoms with Crippen LogP contribution < -0.4 is 16.4 Å². The minimum absolute atomic E-state index is 0.0229. The molecule has 1 saturated heterocycles. The number of nitrogens with zero attached hydrogens (tertiary/aromatic N) is 1. The monoisotopic (exact) mass is 466 g/mol. The summed E-state index contributed by atoms with van der Waals surface area (Å²) >= 11 is 0. The smallest absolute Gasteiger partial charge is 0.326 e. The zero-order chi connectivity index (χ0) is 24.7. The Kier molecular flexibility index (Phi) is 9.14. The summed E-state index contributed by atoms with van der Waals surface area (Å²) in [4.78, 5) is 50.7. The summed E-state index contributed by atoms with van der Waals surface area (Å²) in [5.74, 6) is -3.46. The second kappa shape index (κ2) is 11.6. The third kappa shape index (κ3) is 6.88. The van der Waals surface area contributed by atoms with E-state index in [1.165, 1.54) is 36.1 Å². The number of carboxylic acids is 1. The van der Waals surface area contributed by atoms with Gasteiger partial charge >= 0.3 is 5.97 Å². The maximum atomic E-state index is 12.9. The van der Waals surface area contributed by atoms with Crippen molar-refractivity contribution < 1.29 is 39.6 Å². The van der Waals surface area contributed by atoms with E-state index in [0.717, 1.165) is 0 Å². The number of carboxylic acid groups (broad SMARTS) is 1. The van der Waals surface area contributed by atoms with Gasteiger partial charge in [-0.15, -0.1) is 0 Å². The standard InChI is InChI=1S/C21H30N4O8/c1-11(27)17(22)19(30)24-15(10-26)20(31)25-8-2-3-16(25)18(29)23-14(21(32)33)9-12-4-6-13(28)7-5-12/h4-7,11,14-17,26-28H,2-3,8-10,22H2,1H3,(H,23,29)(H,24,30)(H,32,33). The lowest BCUT2D eigenvalue weighted by Crippen LogP contribution is -2.59. The van der Waals surface area contributed by atoms with Gasteiger partial charge in [-0.1, -0.05) is 12.1 Å². The predicted molar refractivity (Wildman–Crippen MR) is 115 cm³/mol. The number of aliphatic carboxylic acids is 1. The number of phenols is 1. The van der Waals surface area contributed by atoms with Crippen molar-refractivity contribution in [3.8, 4) is 5.75 Å². The van der Waals surface area contributed by atoms with Gasteiger partial charge in [0.15, 0.2) is 0 Å². The van der Waals surface area contributed by atoms with Crippen LogP contribution in [0.4, 0.5) is 0 Å². The summed E-state index contributed by atoms with van der Waals surface area (Å²) in [5.41, 5.74) is 6.13.